The smallest absolute Gasteiger partial charge is 0.325 e. The number of nitriles is 1. The van der Waals surface area contributed by atoms with Crippen LogP contribution in [0.1, 0.15) is 25.0 Å². The first-order valence-corrected chi connectivity index (χ1v) is 5.32. The van der Waals surface area contributed by atoms with Gasteiger partial charge in [0.15, 0.2) is 0 Å². The molecule has 0 amide bonds. The number of hydrogen-bond acceptors (Lipinski definition) is 4. The molecule has 1 rings (SSSR count). The summed E-state index contributed by atoms with van der Waals surface area (Å²) in [5, 5.41) is 11.8. The Morgan fingerprint density at radius 1 is 1.41 bits per heavy atom. The predicted octanol–water partition coefficient (Wildman–Crippen LogP) is 1.60. The highest BCUT2D eigenvalue weighted by molar-refractivity contribution is 5.79. The molecule has 0 bridgehead atoms. The van der Waals surface area contributed by atoms with Crippen molar-refractivity contribution in [3.05, 3.63) is 35.4 Å². The van der Waals surface area contributed by atoms with Gasteiger partial charge in [0.1, 0.15) is 5.54 Å². The van der Waals surface area contributed by atoms with Crippen LogP contribution in [0.5, 0.6) is 0 Å². The number of benzene rings is 1. The normalized spacial score (nSPS) is 10.7. The second-order valence-electron chi connectivity index (χ2n) is 4.28. The SMILES string of the molecule is COC(=O)C(C)(C)NCc1ccc(C#N)cc1. The zero-order chi connectivity index (χ0) is 12.9. The molecule has 17 heavy (non-hydrogen) atoms. The lowest BCUT2D eigenvalue weighted by molar-refractivity contribution is -0.147. The van der Waals surface area contributed by atoms with Crippen LogP contribution in [0, 0.1) is 11.3 Å². The highest BCUT2D eigenvalue weighted by Crippen LogP contribution is 2.08. The summed E-state index contributed by atoms with van der Waals surface area (Å²) in [7, 11) is 1.37. The van der Waals surface area contributed by atoms with E-state index >= 15 is 0 Å². The summed E-state index contributed by atoms with van der Waals surface area (Å²) in [6.45, 7) is 4.08. The third-order valence-electron chi connectivity index (χ3n) is 2.51. The maximum atomic E-state index is 11.4. The number of esters is 1. The Morgan fingerprint density at radius 2 is 2.00 bits per heavy atom. The molecule has 0 aliphatic carbocycles. The van der Waals surface area contributed by atoms with Gasteiger partial charge in [-0.25, -0.2) is 0 Å². The molecule has 0 heterocycles. The minimum absolute atomic E-state index is 0.300. The lowest BCUT2D eigenvalue weighted by atomic mass is 10.1. The highest BCUT2D eigenvalue weighted by Gasteiger charge is 2.27. The maximum Gasteiger partial charge on any atom is 0.325 e. The van der Waals surface area contributed by atoms with E-state index in [1.165, 1.54) is 7.11 Å². The maximum absolute atomic E-state index is 11.4. The van der Waals surface area contributed by atoms with E-state index in [4.69, 9.17) is 10.00 Å². The predicted molar refractivity (Wildman–Crippen MR) is 64.1 cm³/mol. The van der Waals surface area contributed by atoms with Gasteiger partial charge in [-0.15, -0.1) is 0 Å². The second-order valence-corrected chi connectivity index (χ2v) is 4.28. The van der Waals surface area contributed by atoms with Crippen LogP contribution >= 0.6 is 0 Å². The summed E-state index contributed by atoms with van der Waals surface area (Å²) in [6, 6.07) is 9.28. The molecule has 0 radical (unpaired) electrons. The van der Waals surface area contributed by atoms with E-state index in [2.05, 4.69) is 11.4 Å². The third kappa shape index (κ3) is 3.58. The number of carbonyl (C=O) groups is 1. The fraction of sp³-hybridized carbons (Fsp3) is 0.385. The average Bonchev–Trinajstić information content (AvgIpc) is 2.36. The first-order chi connectivity index (χ1) is 7.99. The standard InChI is InChI=1S/C13H16N2O2/c1-13(2,12(16)17-3)15-9-11-6-4-10(8-14)5-7-11/h4-7,15H,9H2,1-3H3. The van der Waals surface area contributed by atoms with Crippen LogP contribution in [-0.4, -0.2) is 18.6 Å². The van der Waals surface area contributed by atoms with Gasteiger partial charge in [0, 0.05) is 6.54 Å². The number of nitrogens with one attached hydrogen (secondary N) is 1. The monoisotopic (exact) mass is 232 g/mol. The molecular formula is C13H16N2O2. The Labute approximate surface area is 101 Å². The van der Waals surface area contributed by atoms with Crippen LogP contribution < -0.4 is 5.32 Å². The molecule has 4 heteroatoms. The highest BCUT2D eigenvalue weighted by atomic mass is 16.5. The van der Waals surface area contributed by atoms with Gasteiger partial charge < -0.3 is 4.74 Å². The van der Waals surface area contributed by atoms with Gasteiger partial charge in [0.05, 0.1) is 18.7 Å². The molecule has 1 aromatic rings. The van der Waals surface area contributed by atoms with E-state index in [-0.39, 0.29) is 5.97 Å². The average molecular weight is 232 g/mol. The van der Waals surface area contributed by atoms with Gasteiger partial charge in [0.25, 0.3) is 0 Å². The lowest BCUT2D eigenvalue weighted by Gasteiger charge is -2.23. The summed E-state index contributed by atoms with van der Waals surface area (Å²) < 4.78 is 4.70. The van der Waals surface area contributed by atoms with Crippen LogP contribution in [0.2, 0.25) is 0 Å². The quantitative estimate of drug-likeness (QED) is 0.801. The minimum atomic E-state index is -0.720. The number of ether oxygens (including phenoxy) is 1. The number of hydrogen-bond donors (Lipinski definition) is 1. The van der Waals surface area contributed by atoms with E-state index < -0.39 is 5.54 Å². The number of rotatable bonds is 4. The zero-order valence-corrected chi connectivity index (χ0v) is 10.3. The summed E-state index contributed by atoms with van der Waals surface area (Å²) in [6.07, 6.45) is 0. The summed E-state index contributed by atoms with van der Waals surface area (Å²) in [4.78, 5) is 11.4. The van der Waals surface area contributed by atoms with Crippen LogP contribution in [0.4, 0.5) is 0 Å². The van der Waals surface area contributed by atoms with Crippen molar-refractivity contribution >= 4 is 5.97 Å². The van der Waals surface area contributed by atoms with Crippen molar-refractivity contribution in [1.29, 1.82) is 5.26 Å². The first-order valence-electron chi connectivity index (χ1n) is 5.32. The summed E-state index contributed by atoms with van der Waals surface area (Å²) in [5.41, 5.74) is 0.921. The van der Waals surface area contributed by atoms with Crippen LogP contribution in [0.3, 0.4) is 0 Å². The van der Waals surface area contributed by atoms with E-state index in [1.807, 2.05) is 12.1 Å². The van der Waals surface area contributed by atoms with Gasteiger partial charge in [-0.3, -0.25) is 10.1 Å². The molecule has 0 aliphatic rings. The Balaban J connectivity index is 2.61. The molecule has 0 saturated heterocycles. The Bertz CT molecular complexity index is 430. The van der Waals surface area contributed by atoms with Crippen molar-refractivity contribution in [2.45, 2.75) is 25.9 Å². The van der Waals surface area contributed by atoms with E-state index in [0.717, 1.165) is 5.56 Å². The molecule has 0 unspecified atom stereocenters. The molecule has 0 aliphatic heterocycles. The van der Waals surface area contributed by atoms with Crippen molar-refractivity contribution in [3.8, 4) is 6.07 Å². The molecule has 90 valence electrons. The van der Waals surface area contributed by atoms with Gasteiger partial charge in [-0.1, -0.05) is 12.1 Å². The van der Waals surface area contributed by atoms with E-state index in [9.17, 15) is 4.79 Å². The third-order valence-corrected chi connectivity index (χ3v) is 2.51. The van der Waals surface area contributed by atoms with Crippen molar-refractivity contribution in [2.75, 3.05) is 7.11 Å². The minimum Gasteiger partial charge on any atom is -0.468 e. The summed E-state index contributed by atoms with van der Waals surface area (Å²) >= 11 is 0. The molecule has 0 aromatic heterocycles. The van der Waals surface area contributed by atoms with Crippen molar-refractivity contribution in [1.82, 2.24) is 5.32 Å². The van der Waals surface area contributed by atoms with Crippen LogP contribution in [0.25, 0.3) is 0 Å². The summed E-state index contributed by atoms with van der Waals surface area (Å²) in [5.74, 6) is -0.300. The Morgan fingerprint density at radius 3 is 2.47 bits per heavy atom. The van der Waals surface area contributed by atoms with E-state index in [0.29, 0.717) is 12.1 Å². The fourth-order valence-corrected chi connectivity index (χ4v) is 1.35. The lowest BCUT2D eigenvalue weighted by Crippen LogP contribution is -2.46. The zero-order valence-electron chi connectivity index (χ0n) is 10.3. The van der Waals surface area contributed by atoms with Gasteiger partial charge in [-0.05, 0) is 31.5 Å². The Kier molecular flexibility index (Phi) is 4.24. The molecule has 4 nitrogen and oxygen atoms in total. The topological polar surface area (TPSA) is 62.1 Å². The second kappa shape index (κ2) is 5.46. The molecule has 1 N–H and O–H groups in total. The number of nitrogens with zero attached hydrogens (tertiary/aromatic N) is 1. The van der Waals surface area contributed by atoms with E-state index in [1.54, 1.807) is 26.0 Å². The molecule has 0 fully saturated rings. The van der Waals surface area contributed by atoms with Crippen molar-refractivity contribution in [2.24, 2.45) is 0 Å². The van der Waals surface area contributed by atoms with Crippen LogP contribution in [-0.2, 0) is 16.1 Å². The number of carbonyl (C=O) groups excluding carboxylic acids is 1. The van der Waals surface area contributed by atoms with Gasteiger partial charge >= 0.3 is 5.97 Å². The van der Waals surface area contributed by atoms with Gasteiger partial charge in [0.2, 0.25) is 0 Å². The van der Waals surface area contributed by atoms with Crippen LogP contribution in [0.15, 0.2) is 24.3 Å². The fourth-order valence-electron chi connectivity index (χ4n) is 1.35. The molecule has 0 spiro atoms. The molecule has 0 atom stereocenters. The molecule has 1 aromatic carbocycles. The molecular weight excluding hydrogens is 216 g/mol. The first kappa shape index (κ1) is 13.2. The largest absolute Gasteiger partial charge is 0.468 e. The number of methoxy groups -OCH3 is 1. The van der Waals surface area contributed by atoms with Crippen molar-refractivity contribution in [3.63, 3.8) is 0 Å². The van der Waals surface area contributed by atoms with Gasteiger partial charge in [-0.2, -0.15) is 5.26 Å². The Hall–Kier alpha value is -1.86. The van der Waals surface area contributed by atoms with Crippen molar-refractivity contribution < 1.29 is 9.53 Å². The molecule has 0 saturated carbocycles.